The Kier molecular flexibility index (Phi) is 13.4. The van der Waals surface area contributed by atoms with E-state index in [4.69, 9.17) is 11.5 Å². The maximum absolute atomic E-state index is 5.94. The first-order valence-electron chi connectivity index (χ1n) is 8.95. The molecule has 21 heavy (non-hydrogen) atoms. The SMILES string of the molecule is CCCCN(CCCC)CCCN(CC(C)N)CC(C)N. The molecule has 0 aromatic rings. The maximum atomic E-state index is 5.94. The van der Waals surface area contributed by atoms with Gasteiger partial charge in [-0.1, -0.05) is 26.7 Å². The fourth-order valence-electron chi connectivity index (χ4n) is 2.69. The zero-order valence-electron chi connectivity index (χ0n) is 15.0. The van der Waals surface area contributed by atoms with Crippen LogP contribution in [0, 0.1) is 0 Å². The van der Waals surface area contributed by atoms with Gasteiger partial charge in [-0.05, 0) is 59.3 Å². The summed E-state index contributed by atoms with van der Waals surface area (Å²) in [4.78, 5) is 5.05. The molecule has 0 fully saturated rings. The van der Waals surface area contributed by atoms with Gasteiger partial charge >= 0.3 is 0 Å². The Balaban J connectivity index is 4.08. The molecule has 0 aromatic heterocycles. The van der Waals surface area contributed by atoms with Crippen molar-refractivity contribution in [1.29, 1.82) is 0 Å². The summed E-state index contributed by atoms with van der Waals surface area (Å²) in [5.41, 5.74) is 11.9. The van der Waals surface area contributed by atoms with E-state index in [1.165, 1.54) is 51.7 Å². The van der Waals surface area contributed by atoms with E-state index in [9.17, 15) is 0 Å². The molecule has 0 saturated carbocycles. The number of rotatable bonds is 14. The summed E-state index contributed by atoms with van der Waals surface area (Å²) in [6, 6.07) is 0.445. The maximum Gasteiger partial charge on any atom is 0.0139 e. The van der Waals surface area contributed by atoms with Crippen LogP contribution in [0.25, 0.3) is 0 Å². The summed E-state index contributed by atoms with van der Waals surface area (Å²) in [7, 11) is 0. The van der Waals surface area contributed by atoms with Gasteiger partial charge in [0.1, 0.15) is 0 Å². The first-order chi connectivity index (χ1) is 9.99. The van der Waals surface area contributed by atoms with Gasteiger partial charge in [0.25, 0.3) is 0 Å². The first-order valence-corrected chi connectivity index (χ1v) is 8.95. The lowest BCUT2D eigenvalue weighted by atomic mass is 10.2. The van der Waals surface area contributed by atoms with E-state index in [0.29, 0.717) is 0 Å². The summed E-state index contributed by atoms with van der Waals surface area (Å²) >= 11 is 0. The summed E-state index contributed by atoms with van der Waals surface area (Å²) in [6.07, 6.45) is 6.40. The van der Waals surface area contributed by atoms with Gasteiger partial charge in [-0.2, -0.15) is 0 Å². The number of hydrogen-bond donors (Lipinski definition) is 2. The van der Waals surface area contributed by atoms with Crippen LogP contribution in [-0.2, 0) is 0 Å². The van der Waals surface area contributed by atoms with E-state index in [-0.39, 0.29) is 12.1 Å². The third-order valence-corrected chi connectivity index (χ3v) is 3.70. The highest BCUT2D eigenvalue weighted by molar-refractivity contribution is 4.69. The number of unbranched alkanes of at least 4 members (excludes halogenated alkanes) is 2. The Morgan fingerprint density at radius 3 is 1.43 bits per heavy atom. The normalized spacial score (nSPS) is 14.9. The fraction of sp³-hybridized carbons (Fsp3) is 1.00. The van der Waals surface area contributed by atoms with E-state index in [2.05, 4.69) is 37.5 Å². The second kappa shape index (κ2) is 13.5. The Morgan fingerprint density at radius 2 is 1.05 bits per heavy atom. The summed E-state index contributed by atoms with van der Waals surface area (Å²) in [5, 5.41) is 0. The number of nitrogens with two attached hydrogens (primary N) is 2. The van der Waals surface area contributed by atoms with Crippen molar-refractivity contribution >= 4 is 0 Å². The second-order valence-electron chi connectivity index (χ2n) is 6.62. The quantitative estimate of drug-likeness (QED) is 0.517. The molecule has 0 rings (SSSR count). The topological polar surface area (TPSA) is 58.5 Å². The van der Waals surface area contributed by atoms with Gasteiger partial charge in [-0.3, -0.25) is 0 Å². The average molecular weight is 301 g/mol. The minimum absolute atomic E-state index is 0.222. The van der Waals surface area contributed by atoms with Gasteiger partial charge in [0.05, 0.1) is 0 Å². The fourth-order valence-corrected chi connectivity index (χ4v) is 2.69. The minimum Gasteiger partial charge on any atom is -0.327 e. The van der Waals surface area contributed by atoms with Gasteiger partial charge in [0, 0.05) is 25.2 Å². The average Bonchev–Trinajstić information content (AvgIpc) is 2.39. The largest absolute Gasteiger partial charge is 0.327 e. The van der Waals surface area contributed by atoms with E-state index < -0.39 is 0 Å². The van der Waals surface area contributed by atoms with E-state index in [1.54, 1.807) is 0 Å². The Labute approximate surface area is 133 Å². The van der Waals surface area contributed by atoms with Gasteiger partial charge in [0.2, 0.25) is 0 Å². The minimum atomic E-state index is 0.222. The van der Waals surface area contributed by atoms with Crippen molar-refractivity contribution in [2.24, 2.45) is 11.5 Å². The molecule has 0 aliphatic rings. The molecular weight excluding hydrogens is 260 g/mol. The lowest BCUT2D eigenvalue weighted by Gasteiger charge is -2.28. The third kappa shape index (κ3) is 13.2. The van der Waals surface area contributed by atoms with Crippen molar-refractivity contribution < 1.29 is 0 Å². The van der Waals surface area contributed by atoms with Crippen LogP contribution < -0.4 is 11.5 Å². The van der Waals surface area contributed by atoms with Crippen molar-refractivity contribution in [3.05, 3.63) is 0 Å². The first kappa shape index (κ1) is 20.8. The highest BCUT2D eigenvalue weighted by Gasteiger charge is 2.11. The monoisotopic (exact) mass is 300 g/mol. The predicted molar refractivity (Wildman–Crippen MR) is 94.6 cm³/mol. The molecule has 0 saturated heterocycles. The van der Waals surface area contributed by atoms with Crippen LogP contribution in [-0.4, -0.2) is 61.2 Å². The molecule has 0 aliphatic heterocycles. The molecule has 128 valence electrons. The second-order valence-corrected chi connectivity index (χ2v) is 6.62. The van der Waals surface area contributed by atoms with Crippen LogP contribution in [0.4, 0.5) is 0 Å². The zero-order chi connectivity index (χ0) is 16.1. The van der Waals surface area contributed by atoms with E-state index in [1.807, 2.05) is 0 Å². The summed E-state index contributed by atoms with van der Waals surface area (Å²) < 4.78 is 0. The molecule has 0 heterocycles. The van der Waals surface area contributed by atoms with Crippen LogP contribution >= 0.6 is 0 Å². The summed E-state index contributed by atoms with van der Waals surface area (Å²) in [6.45, 7) is 15.4. The van der Waals surface area contributed by atoms with Crippen LogP contribution in [0.1, 0.15) is 59.8 Å². The van der Waals surface area contributed by atoms with Gasteiger partial charge in [0.15, 0.2) is 0 Å². The molecule has 0 aliphatic carbocycles. The predicted octanol–water partition coefficient (Wildman–Crippen LogP) is 2.28. The van der Waals surface area contributed by atoms with Gasteiger partial charge in [-0.15, -0.1) is 0 Å². The lowest BCUT2D eigenvalue weighted by Crippen LogP contribution is -2.43. The van der Waals surface area contributed by atoms with Crippen molar-refractivity contribution in [2.75, 3.05) is 39.3 Å². The van der Waals surface area contributed by atoms with Crippen LogP contribution in [0.5, 0.6) is 0 Å². The Morgan fingerprint density at radius 1 is 0.667 bits per heavy atom. The molecule has 0 spiro atoms. The third-order valence-electron chi connectivity index (χ3n) is 3.70. The molecule has 0 bridgehead atoms. The molecule has 0 aromatic carbocycles. The molecule has 0 radical (unpaired) electrons. The number of hydrogen-bond acceptors (Lipinski definition) is 4. The molecular formula is C17H40N4. The molecule has 0 amide bonds. The van der Waals surface area contributed by atoms with Gasteiger partial charge in [-0.25, -0.2) is 0 Å². The highest BCUT2D eigenvalue weighted by Crippen LogP contribution is 2.02. The zero-order valence-corrected chi connectivity index (χ0v) is 15.0. The van der Waals surface area contributed by atoms with Crippen molar-refractivity contribution in [2.45, 2.75) is 71.9 Å². The standard InChI is InChI=1S/C17H40N4/c1-5-7-10-20(11-8-6-2)12-9-13-21(14-16(3)18)15-17(4)19/h16-17H,5-15,18-19H2,1-4H3. The van der Waals surface area contributed by atoms with Gasteiger partial charge < -0.3 is 21.3 Å². The van der Waals surface area contributed by atoms with Crippen LogP contribution in [0.2, 0.25) is 0 Å². The Bertz CT molecular complexity index is 201. The summed E-state index contributed by atoms with van der Waals surface area (Å²) in [5.74, 6) is 0. The van der Waals surface area contributed by atoms with E-state index in [0.717, 1.165) is 19.6 Å². The molecule has 4 nitrogen and oxygen atoms in total. The molecule has 2 unspecified atom stereocenters. The highest BCUT2D eigenvalue weighted by atomic mass is 15.2. The van der Waals surface area contributed by atoms with Crippen molar-refractivity contribution in [1.82, 2.24) is 9.80 Å². The lowest BCUT2D eigenvalue weighted by molar-refractivity contribution is 0.212. The van der Waals surface area contributed by atoms with Crippen LogP contribution in [0.15, 0.2) is 0 Å². The van der Waals surface area contributed by atoms with Crippen LogP contribution in [0.3, 0.4) is 0 Å². The molecule has 4 heteroatoms. The van der Waals surface area contributed by atoms with Crippen molar-refractivity contribution in [3.63, 3.8) is 0 Å². The Hall–Kier alpha value is -0.160. The molecule has 2 atom stereocenters. The molecule has 4 N–H and O–H groups in total. The smallest absolute Gasteiger partial charge is 0.0139 e. The van der Waals surface area contributed by atoms with E-state index >= 15 is 0 Å². The number of nitrogens with zero attached hydrogens (tertiary/aromatic N) is 2. The van der Waals surface area contributed by atoms with Crippen molar-refractivity contribution in [3.8, 4) is 0 Å².